The fraction of sp³-hybridized carbons (Fsp3) is 0. The Morgan fingerprint density at radius 1 is 0.483 bits per heavy atom. The summed E-state index contributed by atoms with van der Waals surface area (Å²) in [5.74, 6) is 0.866. The van der Waals surface area contributed by atoms with Crippen molar-refractivity contribution in [3.63, 3.8) is 0 Å². The van der Waals surface area contributed by atoms with Crippen LogP contribution in [-0.2, 0) is 0 Å². The van der Waals surface area contributed by atoms with Gasteiger partial charge >= 0.3 is 0 Å². The molecule has 0 fully saturated rings. The van der Waals surface area contributed by atoms with Gasteiger partial charge in [0.1, 0.15) is 5.82 Å². The third kappa shape index (κ3) is 3.37. The van der Waals surface area contributed by atoms with Gasteiger partial charge in [-0.1, -0.05) is 103 Å². The lowest BCUT2D eigenvalue weighted by molar-refractivity contribution is 1.33. The molecule has 0 amide bonds. The quantitative estimate of drug-likeness (QED) is 0.358. The summed E-state index contributed by atoms with van der Waals surface area (Å²) in [5.41, 5.74) is 5.44. The van der Waals surface area contributed by atoms with E-state index in [9.17, 15) is 0 Å². The summed E-state index contributed by atoms with van der Waals surface area (Å²) in [4.78, 5) is 5.13. The average molecular weight is 372 g/mol. The Morgan fingerprint density at radius 3 is 1.66 bits per heavy atom. The number of nitrogens with one attached hydrogen (secondary N) is 1. The maximum Gasteiger partial charge on any atom is 0.139 e. The molecular weight excluding hydrogens is 352 g/mol. The third-order valence-electron chi connectivity index (χ3n) is 5.06. The summed E-state index contributed by atoms with van der Waals surface area (Å²) in [7, 11) is 0. The Bertz CT molecular complexity index is 1250. The molecule has 1 N–H and O–H groups in total. The van der Waals surface area contributed by atoms with Crippen molar-refractivity contribution in [1.29, 1.82) is 0 Å². The van der Waals surface area contributed by atoms with E-state index in [0.717, 1.165) is 33.7 Å². The van der Waals surface area contributed by atoms with Crippen LogP contribution in [0.15, 0.2) is 115 Å². The van der Waals surface area contributed by atoms with E-state index < -0.39 is 0 Å². The lowest BCUT2D eigenvalue weighted by Crippen LogP contribution is -1.99. The smallest absolute Gasteiger partial charge is 0.139 e. The van der Waals surface area contributed by atoms with Crippen molar-refractivity contribution in [3.8, 4) is 22.4 Å². The molecule has 138 valence electrons. The number of hydrogen-bond acceptors (Lipinski definition) is 2. The molecule has 0 radical (unpaired) electrons. The van der Waals surface area contributed by atoms with Gasteiger partial charge in [0.2, 0.25) is 0 Å². The second-order valence-electron chi connectivity index (χ2n) is 6.95. The van der Waals surface area contributed by atoms with Gasteiger partial charge in [0.25, 0.3) is 0 Å². The molecule has 0 saturated carbocycles. The Labute approximate surface area is 170 Å². The summed E-state index contributed by atoms with van der Waals surface area (Å²) in [6.45, 7) is 0. The first-order valence-corrected chi connectivity index (χ1v) is 9.76. The summed E-state index contributed by atoms with van der Waals surface area (Å²) < 4.78 is 0. The number of benzene rings is 4. The average Bonchev–Trinajstić information content (AvgIpc) is 2.81. The van der Waals surface area contributed by atoms with Crippen molar-refractivity contribution in [1.82, 2.24) is 4.98 Å². The van der Waals surface area contributed by atoms with Crippen molar-refractivity contribution >= 4 is 22.3 Å². The molecule has 1 aromatic heterocycles. The van der Waals surface area contributed by atoms with Crippen molar-refractivity contribution in [3.05, 3.63) is 115 Å². The summed E-state index contributed by atoms with van der Waals surface area (Å²) in [6, 6.07) is 39.6. The highest BCUT2D eigenvalue weighted by molar-refractivity contribution is 6.07. The number of para-hydroxylation sites is 1. The fourth-order valence-electron chi connectivity index (χ4n) is 3.72. The number of hydrogen-bond donors (Lipinski definition) is 1. The van der Waals surface area contributed by atoms with Gasteiger partial charge in [0.05, 0.1) is 5.69 Å². The van der Waals surface area contributed by atoms with Gasteiger partial charge in [-0.05, 0) is 23.1 Å². The van der Waals surface area contributed by atoms with E-state index in [2.05, 4.69) is 90.2 Å². The molecule has 0 aliphatic rings. The predicted molar refractivity (Wildman–Crippen MR) is 122 cm³/mol. The standard InChI is InChI=1S/C27H20N2/c1-4-12-20(13-5-1)25-23-18-10-11-19-24(23)27(28-22-16-8-3-9-17-22)29-26(25)21-14-6-2-7-15-21/h1-19H,(H,28,29). The predicted octanol–water partition coefficient (Wildman–Crippen LogP) is 7.31. The van der Waals surface area contributed by atoms with Crippen LogP contribution in [0.4, 0.5) is 11.5 Å². The van der Waals surface area contributed by atoms with Crippen LogP contribution >= 0.6 is 0 Å². The Kier molecular flexibility index (Phi) is 4.51. The Morgan fingerprint density at radius 2 is 1.00 bits per heavy atom. The van der Waals surface area contributed by atoms with Gasteiger partial charge in [-0.15, -0.1) is 0 Å². The number of nitrogens with zero attached hydrogens (tertiary/aromatic N) is 1. The van der Waals surface area contributed by atoms with Gasteiger partial charge in [0.15, 0.2) is 0 Å². The van der Waals surface area contributed by atoms with E-state index >= 15 is 0 Å². The topological polar surface area (TPSA) is 24.9 Å². The zero-order chi connectivity index (χ0) is 19.5. The maximum atomic E-state index is 5.13. The van der Waals surface area contributed by atoms with E-state index in [0.29, 0.717) is 0 Å². The molecule has 5 aromatic rings. The minimum absolute atomic E-state index is 0.866. The van der Waals surface area contributed by atoms with Crippen molar-refractivity contribution in [2.75, 3.05) is 5.32 Å². The molecule has 0 bridgehead atoms. The lowest BCUT2D eigenvalue weighted by Gasteiger charge is -2.17. The normalized spacial score (nSPS) is 10.8. The van der Waals surface area contributed by atoms with Crippen LogP contribution in [0.1, 0.15) is 0 Å². The number of aromatic nitrogens is 1. The minimum Gasteiger partial charge on any atom is -0.340 e. The van der Waals surface area contributed by atoms with Crippen LogP contribution in [-0.4, -0.2) is 4.98 Å². The van der Waals surface area contributed by atoms with E-state index in [1.165, 1.54) is 10.9 Å². The molecule has 0 unspecified atom stereocenters. The lowest BCUT2D eigenvalue weighted by atomic mass is 9.94. The van der Waals surface area contributed by atoms with Crippen LogP contribution in [0.25, 0.3) is 33.2 Å². The summed E-state index contributed by atoms with van der Waals surface area (Å²) >= 11 is 0. The van der Waals surface area contributed by atoms with Crippen LogP contribution in [0, 0.1) is 0 Å². The zero-order valence-electron chi connectivity index (χ0n) is 15.9. The number of anilines is 2. The van der Waals surface area contributed by atoms with E-state index in [1.807, 2.05) is 30.3 Å². The van der Waals surface area contributed by atoms with Crippen molar-refractivity contribution < 1.29 is 0 Å². The Balaban J connectivity index is 1.82. The van der Waals surface area contributed by atoms with E-state index in [-0.39, 0.29) is 0 Å². The highest BCUT2D eigenvalue weighted by Gasteiger charge is 2.16. The number of fused-ring (bicyclic) bond motifs is 1. The molecule has 0 aliphatic carbocycles. The number of pyridine rings is 1. The molecule has 5 rings (SSSR count). The van der Waals surface area contributed by atoms with Crippen LogP contribution in [0.2, 0.25) is 0 Å². The number of rotatable bonds is 4. The SMILES string of the molecule is c1ccc(Nc2nc(-c3ccccc3)c(-c3ccccc3)c3ccccc23)cc1. The summed E-state index contributed by atoms with van der Waals surface area (Å²) in [5, 5.41) is 5.82. The highest BCUT2D eigenvalue weighted by Crippen LogP contribution is 2.40. The molecule has 0 atom stereocenters. The van der Waals surface area contributed by atoms with E-state index in [1.54, 1.807) is 0 Å². The first kappa shape index (κ1) is 17.2. The molecule has 0 saturated heterocycles. The highest BCUT2D eigenvalue weighted by atomic mass is 15.0. The molecule has 29 heavy (non-hydrogen) atoms. The monoisotopic (exact) mass is 372 g/mol. The molecular formula is C27H20N2. The second kappa shape index (κ2) is 7.61. The molecule has 4 aromatic carbocycles. The molecule has 1 heterocycles. The molecule has 0 spiro atoms. The van der Waals surface area contributed by atoms with Crippen LogP contribution in [0.3, 0.4) is 0 Å². The zero-order valence-corrected chi connectivity index (χ0v) is 15.9. The molecule has 2 heteroatoms. The van der Waals surface area contributed by atoms with Gasteiger partial charge in [-0.25, -0.2) is 4.98 Å². The molecule has 2 nitrogen and oxygen atoms in total. The van der Waals surface area contributed by atoms with Gasteiger partial charge < -0.3 is 5.32 Å². The van der Waals surface area contributed by atoms with Gasteiger partial charge in [0, 0.05) is 22.2 Å². The first-order valence-electron chi connectivity index (χ1n) is 9.76. The Hall–Kier alpha value is -3.91. The summed E-state index contributed by atoms with van der Waals surface area (Å²) in [6.07, 6.45) is 0. The van der Waals surface area contributed by atoms with Gasteiger partial charge in [-0.2, -0.15) is 0 Å². The van der Waals surface area contributed by atoms with Crippen molar-refractivity contribution in [2.24, 2.45) is 0 Å². The van der Waals surface area contributed by atoms with Crippen molar-refractivity contribution in [2.45, 2.75) is 0 Å². The molecule has 0 aliphatic heterocycles. The third-order valence-corrected chi connectivity index (χ3v) is 5.06. The van der Waals surface area contributed by atoms with Crippen LogP contribution in [0.5, 0.6) is 0 Å². The first-order chi connectivity index (χ1) is 14.4. The van der Waals surface area contributed by atoms with E-state index in [4.69, 9.17) is 4.98 Å². The largest absolute Gasteiger partial charge is 0.340 e. The minimum atomic E-state index is 0.866. The fourth-order valence-corrected chi connectivity index (χ4v) is 3.72. The van der Waals surface area contributed by atoms with Crippen LogP contribution < -0.4 is 5.32 Å². The second-order valence-corrected chi connectivity index (χ2v) is 6.95. The van der Waals surface area contributed by atoms with Gasteiger partial charge in [-0.3, -0.25) is 0 Å². The maximum absolute atomic E-state index is 5.13.